The molecule has 0 saturated heterocycles. The van der Waals surface area contributed by atoms with Crippen molar-refractivity contribution in [2.75, 3.05) is 13.6 Å². The SMILES string of the molecule is CN=C1C=CC=CCN1. The quantitative estimate of drug-likeness (QED) is 0.503. The predicted molar refractivity (Wildman–Crippen MR) is 39.6 cm³/mol. The summed E-state index contributed by atoms with van der Waals surface area (Å²) < 4.78 is 0. The molecule has 0 atom stereocenters. The van der Waals surface area contributed by atoms with Gasteiger partial charge in [0, 0.05) is 13.6 Å². The van der Waals surface area contributed by atoms with Gasteiger partial charge < -0.3 is 5.32 Å². The second-order valence-electron chi connectivity index (χ2n) is 1.78. The van der Waals surface area contributed by atoms with E-state index in [9.17, 15) is 0 Å². The first-order valence-electron chi connectivity index (χ1n) is 2.97. The van der Waals surface area contributed by atoms with Crippen LogP contribution in [0.2, 0.25) is 0 Å². The summed E-state index contributed by atoms with van der Waals surface area (Å²) in [5.74, 6) is 0.944. The number of allylic oxidation sites excluding steroid dienone is 2. The molecule has 9 heavy (non-hydrogen) atoms. The van der Waals surface area contributed by atoms with Crippen LogP contribution in [0.1, 0.15) is 0 Å². The summed E-state index contributed by atoms with van der Waals surface area (Å²) in [7, 11) is 1.78. The molecule has 1 heterocycles. The van der Waals surface area contributed by atoms with Crippen LogP contribution in [0.5, 0.6) is 0 Å². The molecule has 0 aromatic carbocycles. The van der Waals surface area contributed by atoms with Crippen molar-refractivity contribution in [1.29, 1.82) is 0 Å². The van der Waals surface area contributed by atoms with Crippen LogP contribution in [0.3, 0.4) is 0 Å². The Balaban J connectivity index is 2.62. The van der Waals surface area contributed by atoms with Crippen LogP contribution in [0.4, 0.5) is 0 Å². The molecule has 0 aromatic heterocycles. The van der Waals surface area contributed by atoms with E-state index >= 15 is 0 Å². The maximum Gasteiger partial charge on any atom is 0.120 e. The average Bonchev–Trinajstić information content (AvgIpc) is 2.13. The van der Waals surface area contributed by atoms with Crippen LogP contribution in [-0.2, 0) is 0 Å². The van der Waals surface area contributed by atoms with Gasteiger partial charge in [-0.3, -0.25) is 4.99 Å². The van der Waals surface area contributed by atoms with E-state index < -0.39 is 0 Å². The number of nitrogens with zero attached hydrogens (tertiary/aromatic N) is 1. The minimum atomic E-state index is 0.875. The Bertz CT molecular complexity index is 166. The molecular weight excluding hydrogens is 112 g/mol. The zero-order chi connectivity index (χ0) is 6.53. The molecule has 1 N–H and O–H groups in total. The van der Waals surface area contributed by atoms with E-state index in [1.807, 2.05) is 18.2 Å². The van der Waals surface area contributed by atoms with Crippen molar-refractivity contribution in [3.63, 3.8) is 0 Å². The molecular formula is C7H10N2. The summed E-state index contributed by atoms with van der Waals surface area (Å²) in [5, 5.41) is 3.11. The molecule has 0 aromatic rings. The Hall–Kier alpha value is -1.05. The Morgan fingerprint density at radius 1 is 1.56 bits per heavy atom. The van der Waals surface area contributed by atoms with Gasteiger partial charge in [0.05, 0.1) is 0 Å². The zero-order valence-corrected chi connectivity index (χ0v) is 5.46. The van der Waals surface area contributed by atoms with Gasteiger partial charge in [-0.2, -0.15) is 0 Å². The predicted octanol–water partition coefficient (Wildman–Crippen LogP) is 0.730. The van der Waals surface area contributed by atoms with Crippen LogP contribution >= 0.6 is 0 Å². The van der Waals surface area contributed by atoms with Gasteiger partial charge in [0.2, 0.25) is 0 Å². The van der Waals surface area contributed by atoms with Crippen molar-refractivity contribution in [2.24, 2.45) is 4.99 Å². The molecule has 2 heteroatoms. The fraction of sp³-hybridized carbons (Fsp3) is 0.286. The van der Waals surface area contributed by atoms with Gasteiger partial charge in [0.25, 0.3) is 0 Å². The largest absolute Gasteiger partial charge is 0.367 e. The molecule has 1 rings (SSSR count). The van der Waals surface area contributed by atoms with Crippen molar-refractivity contribution in [3.05, 3.63) is 24.3 Å². The van der Waals surface area contributed by atoms with Gasteiger partial charge in [0.15, 0.2) is 0 Å². The maximum absolute atomic E-state index is 3.99. The average molecular weight is 122 g/mol. The fourth-order valence-corrected chi connectivity index (χ4v) is 0.669. The lowest BCUT2D eigenvalue weighted by Crippen LogP contribution is -2.20. The first-order chi connectivity index (χ1) is 4.43. The standard InChI is InChI=1S/C7H10N2/c1-8-7-5-3-2-4-6-9-7/h2-5H,6H2,1H3,(H,8,9). The van der Waals surface area contributed by atoms with E-state index in [1.54, 1.807) is 7.05 Å². The molecule has 0 amide bonds. The third-order valence-electron chi connectivity index (χ3n) is 1.14. The third-order valence-corrected chi connectivity index (χ3v) is 1.14. The molecule has 0 fully saturated rings. The van der Waals surface area contributed by atoms with Crippen LogP contribution in [0.15, 0.2) is 29.3 Å². The van der Waals surface area contributed by atoms with Gasteiger partial charge in [-0.15, -0.1) is 0 Å². The second-order valence-corrected chi connectivity index (χ2v) is 1.78. The lowest BCUT2D eigenvalue weighted by atomic mass is 10.4. The Kier molecular flexibility index (Phi) is 2.07. The highest BCUT2D eigenvalue weighted by Gasteiger charge is 1.89. The molecule has 0 bridgehead atoms. The van der Waals surface area contributed by atoms with Crippen molar-refractivity contribution in [2.45, 2.75) is 0 Å². The van der Waals surface area contributed by atoms with Crippen LogP contribution < -0.4 is 5.32 Å². The fourth-order valence-electron chi connectivity index (χ4n) is 0.669. The van der Waals surface area contributed by atoms with Crippen molar-refractivity contribution >= 4 is 5.84 Å². The van der Waals surface area contributed by atoms with Gasteiger partial charge in [-0.05, 0) is 6.08 Å². The lowest BCUT2D eigenvalue weighted by molar-refractivity contribution is 1.04. The number of nitrogens with one attached hydrogen (secondary N) is 1. The Morgan fingerprint density at radius 3 is 3.22 bits per heavy atom. The van der Waals surface area contributed by atoms with E-state index in [-0.39, 0.29) is 0 Å². The van der Waals surface area contributed by atoms with Gasteiger partial charge in [0.1, 0.15) is 5.84 Å². The molecule has 2 nitrogen and oxygen atoms in total. The highest BCUT2D eigenvalue weighted by Crippen LogP contribution is 1.84. The Morgan fingerprint density at radius 2 is 2.44 bits per heavy atom. The summed E-state index contributed by atoms with van der Waals surface area (Å²) in [6.07, 6.45) is 7.98. The highest BCUT2D eigenvalue weighted by atomic mass is 15.0. The lowest BCUT2D eigenvalue weighted by Gasteiger charge is -1.97. The van der Waals surface area contributed by atoms with E-state index in [1.165, 1.54) is 0 Å². The minimum Gasteiger partial charge on any atom is -0.367 e. The zero-order valence-electron chi connectivity index (χ0n) is 5.46. The molecule has 0 saturated carbocycles. The van der Waals surface area contributed by atoms with Gasteiger partial charge >= 0.3 is 0 Å². The minimum absolute atomic E-state index is 0.875. The summed E-state index contributed by atoms with van der Waals surface area (Å²) >= 11 is 0. The molecule has 1 aliphatic heterocycles. The van der Waals surface area contributed by atoms with E-state index in [0.29, 0.717) is 0 Å². The number of aliphatic imine (C=N–C) groups is 1. The van der Waals surface area contributed by atoms with Gasteiger partial charge in [-0.25, -0.2) is 0 Å². The summed E-state index contributed by atoms with van der Waals surface area (Å²) in [6, 6.07) is 0. The Labute approximate surface area is 55.0 Å². The number of amidine groups is 1. The molecule has 1 aliphatic rings. The molecule has 0 radical (unpaired) electrons. The first kappa shape index (κ1) is 6.08. The smallest absolute Gasteiger partial charge is 0.120 e. The molecule has 48 valence electrons. The van der Waals surface area contributed by atoms with E-state index in [2.05, 4.69) is 16.4 Å². The first-order valence-corrected chi connectivity index (χ1v) is 2.97. The van der Waals surface area contributed by atoms with E-state index in [4.69, 9.17) is 0 Å². The van der Waals surface area contributed by atoms with Crippen LogP contribution in [0.25, 0.3) is 0 Å². The van der Waals surface area contributed by atoms with Crippen molar-refractivity contribution < 1.29 is 0 Å². The molecule has 0 aliphatic carbocycles. The maximum atomic E-state index is 3.99. The number of hydrogen-bond donors (Lipinski definition) is 1. The monoisotopic (exact) mass is 122 g/mol. The van der Waals surface area contributed by atoms with E-state index in [0.717, 1.165) is 12.4 Å². The van der Waals surface area contributed by atoms with Crippen LogP contribution in [-0.4, -0.2) is 19.4 Å². The van der Waals surface area contributed by atoms with Crippen molar-refractivity contribution in [1.82, 2.24) is 5.32 Å². The summed E-state index contributed by atoms with van der Waals surface area (Å²) in [6.45, 7) is 0.875. The molecule has 0 unspecified atom stereocenters. The number of hydrogen-bond acceptors (Lipinski definition) is 1. The summed E-state index contributed by atoms with van der Waals surface area (Å²) in [4.78, 5) is 3.99. The molecule has 0 spiro atoms. The van der Waals surface area contributed by atoms with Crippen molar-refractivity contribution in [3.8, 4) is 0 Å². The summed E-state index contributed by atoms with van der Waals surface area (Å²) in [5.41, 5.74) is 0. The number of rotatable bonds is 0. The highest BCUT2D eigenvalue weighted by molar-refractivity contribution is 5.93. The van der Waals surface area contributed by atoms with Gasteiger partial charge in [-0.1, -0.05) is 18.2 Å². The second kappa shape index (κ2) is 3.07. The third kappa shape index (κ3) is 1.72. The normalized spacial score (nSPS) is 21.7. The van der Waals surface area contributed by atoms with Crippen LogP contribution in [0, 0.1) is 0 Å². The topological polar surface area (TPSA) is 24.4 Å².